The van der Waals surface area contributed by atoms with E-state index in [0.717, 1.165) is 70.1 Å². The van der Waals surface area contributed by atoms with Crippen molar-refractivity contribution < 1.29 is 48.0 Å². The number of nitrogen functional groups attached to an aromatic ring is 1. The number of amides is 1. The summed E-state index contributed by atoms with van der Waals surface area (Å²) < 4.78 is 97.5. The molecule has 25 heteroatoms. The highest BCUT2D eigenvalue weighted by molar-refractivity contribution is 7.09. The van der Waals surface area contributed by atoms with Gasteiger partial charge in [0.05, 0.1) is 90.0 Å². The maximum atomic E-state index is 12.1. The average molecular weight is 1250 g/mol. The quantitative estimate of drug-likeness (QED) is 0.0196. The summed E-state index contributed by atoms with van der Waals surface area (Å²) in [5.74, 6) is 20.7. The molecular weight excluding hydrogens is 1170 g/mol. The Bertz CT molecular complexity index is 3160. The summed E-state index contributed by atoms with van der Waals surface area (Å²) in [6.45, 7) is 17.3. The van der Waals surface area contributed by atoms with E-state index in [4.69, 9.17) is 25.4 Å². The number of terminal acetylenes is 6. The molecule has 0 heterocycles. The fourth-order valence-electron chi connectivity index (χ4n) is 4.93. The number of halogens is 6. The van der Waals surface area contributed by atoms with Gasteiger partial charge in [-0.1, -0.05) is 131 Å². The summed E-state index contributed by atoms with van der Waals surface area (Å²) in [5, 5.41) is 24.6. The molecule has 0 saturated carbocycles. The molecule has 0 spiro atoms. The van der Waals surface area contributed by atoms with Gasteiger partial charge in [0, 0.05) is 40.1 Å². The Labute approximate surface area is 490 Å². The van der Waals surface area contributed by atoms with Crippen LogP contribution in [0.2, 0.25) is 39.3 Å². The molecule has 0 fully saturated rings. The zero-order valence-corrected chi connectivity index (χ0v) is 53.7. The number of unbranched alkanes of at least 4 members (excludes halogenated alkanes) is 1. The Kier molecular flexibility index (Phi) is 51.0. The van der Waals surface area contributed by atoms with Gasteiger partial charge in [0.15, 0.2) is 0 Å². The van der Waals surface area contributed by atoms with Crippen LogP contribution < -0.4 is 22.5 Å². The van der Waals surface area contributed by atoms with Crippen molar-refractivity contribution in [3.63, 3.8) is 0 Å². The van der Waals surface area contributed by atoms with Crippen LogP contribution in [-0.4, -0.2) is 44.5 Å². The second-order valence-electron chi connectivity index (χ2n) is 15.5. The number of carbonyl (C=O) groups excluding carboxylic acids is 1. The monoisotopic (exact) mass is 1250 g/mol. The number of nitrogens with zero attached hydrogens (tertiary/aromatic N) is 2. The van der Waals surface area contributed by atoms with Crippen LogP contribution in [0.5, 0.6) is 0 Å². The van der Waals surface area contributed by atoms with E-state index in [1.165, 1.54) is 24.3 Å². The number of hydrogen-bond acceptors (Lipinski definition) is 8. The summed E-state index contributed by atoms with van der Waals surface area (Å²) in [5.41, 5.74) is 27.6. The van der Waals surface area contributed by atoms with Crippen molar-refractivity contribution in [2.75, 3.05) is 17.6 Å². The predicted octanol–water partition coefficient (Wildman–Crippen LogP) is 13.4. The van der Waals surface area contributed by atoms with Crippen molar-refractivity contribution in [2.24, 2.45) is 11.5 Å². The van der Waals surface area contributed by atoms with E-state index in [0.29, 0.717) is 63.3 Å². The number of anilines is 2. The van der Waals surface area contributed by atoms with Gasteiger partial charge in [0.25, 0.3) is 11.4 Å². The molecule has 4 aromatic carbocycles. The third-order valence-corrected chi connectivity index (χ3v) is 9.87. The van der Waals surface area contributed by atoms with E-state index in [2.05, 4.69) is 103 Å². The second-order valence-corrected chi connectivity index (χ2v) is 25.0. The van der Waals surface area contributed by atoms with Crippen molar-refractivity contribution in [3.8, 4) is 96.8 Å². The van der Waals surface area contributed by atoms with Gasteiger partial charge in [-0.3, -0.25) is 25.0 Å². The first-order valence-electron chi connectivity index (χ1n) is 24.9. The molecule has 0 radical (unpaired) electrons. The van der Waals surface area contributed by atoms with Crippen LogP contribution in [0.1, 0.15) is 85.8 Å². The normalized spacial score (nSPS) is 9.34. The second kappa shape index (κ2) is 55.3. The van der Waals surface area contributed by atoms with Crippen molar-refractivity contribution >= 4 is 102 Å². The smallest absolute Gasteiger partial charge is 0.286 e. The highest BCUT2D eigenvalue weighted by Gasteiger charge is 2.18. The lowest BCUT2D eigenvalue weighted by atomic mass is 10.1. The van der Waals surface area contributed by atoms with Gasteiger partial charge >= 0.3 is 0 Å². The Morgan fingerprint density at radius 1 is 0.582 bits per heavy atom. The van der Waals surface area contributed by atoms with Crippen molar-refractivity contribution in [1.29, 1.82) is 0 Å². The summed E-state index contributed by atoms with van der Waals surface area (Å²) in [7, 11) is 2.36. The molecule has 0 aromatic heterocycles. The maximum absolute atomic E-state index is 12.1. The molecule has 426 valence electrons. The van der Waals surface area contributed by atoms with Gasteiger partial charge in [-0.2, -0.15) is 0 Å². The number of nitro benzene ring substituents is 2. The third-order valence-electron chi connectivity index (χ3n) is 8.12. The summed E-state index contributed by atoms with van der Waals surface area (Å²) in [6, 6.07) is 18.8. The van der Waals surface area contributed by atoms with Crippen LogP contribution in [-0.2, 0) is 4.79 Å². The fraction of sp³-hybridized carbons (Fsp3) is 0.241. The lowest BCUT2D eigenvalue weighted by Crippen LogP contribution is -2.35. The minimum absolute atomic E-state index is 0.0446. The summed E-state index contributed by atoms with van der Waals surface area (Å²) >= 11 is 0. The molecule has 4 aromatic rings. The Morgan fingerprint density at radius 2 is 0.949 bits per heavy atom. The van der Waals surface area contributed by atoms with Gasteiger partial charge in [-0.15, -0.1) is 49.5 Å². The van der Waals surface area contributed by atoms with E-state index in [1.54, 1.807) is 42.5 Å². The van der Waals surface area contributed by atoms with Gasteiger partial charge in [-0.25, -0.2) is 25.2 Å². The number of nitrogens with two attached hydrogens (primary N) is 3. The van der Waals surface area contributed by atoms with Crippen LogP contribution in [0.3, 0.4) is 0 Å². The lowest BCUT2D eigenvalue weighted by molar-refractivity contribution is -0.385. The first-order valence-corrected chi connectivity index (χ1v) is 31.5. The zero-order valence-electron chi connectivity index (χ0n) is 50.7. The van der Waals surface area contributed by atoms with Crippen LogP contribution in [0.15, 0.2) is 72.8 Å². The molecule has 79 heavy (non-hydrogen) atoms. The topological polar surface area (TPSA) is 193 Å². The Morgan fingerprint density at radius 3 is 1.38 bits per heavy atom. The van der Waals surface area contributed by atoms with E-state index < -0.39 is 27.1 Å². The highest BCUT2D eigenvalue weighted by atomic mass is 31.1. The average Bonchev–Trinajstić information content (AvgIpc) is 3.57. The number of carbonyl (C=O) groups is 1. The molecule has 7 unspecified atom stereocenters. The van der Waals surface area contributed by atoms with Crippen molar-refractivity contribution in [3.05, 3.63) is 138 Å². The molecule has 0 aliphatic rings. The van der Waals surface area contributed by atoms with E-state index in [9.17, 15) is 50.2 Å². The molecule has 0 aliphatic heterocycles. The Balaban J connectivity index is -0.000000180. The number of rotatable bonds is 8. The predicted molar refractivity (Wildman–Crippen MR) is 347 cm³/mol. The number of hydrogen-bond donors (Lipinski definition) is 4. The summed E-state index contributed by atoms with van der Waals surface area (Å²) in [6.07, 6.45) is 14.0. The molecule has 0 aliphatic carbocycles. The zero-order chi connectivity index (χ0) is 67.6. The van der Waals surface area contributed by atoms with Crippen molar-refractivity contribution in [2.45, 2.75) is 78.4 Å². The van der Waals surface area contributed by atoms with E-state index >= 15 is 0 Å². The summed E-state index contributed by atoms with van der Waals surface area (Å²) in [4.78, 5) is 33.0. The first kappa shape index (κ1) is 72.9. The highest BCUT2D eigenvalue weighted by Crippen LogP contribution is 2.23. The minimum atomic E-state index is -1.60. The largest absolute Gasteiger partial charge is 0.398 e. The van der Waals surface area contributed by atoms with E-state index in [1.807, 2.05) is 58.3 Å². The van der Waals surface area contributed by atoms with Gasteiger partial charge in [0.2, 0.25) is 5.91 Å². The molecule has 7 N–H and O–H groups in total. The molecule has 11 nitrogen and oxygen atoms in total. The lowest BCUT2D eigenvalue weighted by Gasteiger charge is -2.13. The molecular formula is C54H70F6N6O5P6Si2. The first-order chi connectivity index (χ1) is 40.6. The van der Waals surface area contributed by atoms with Crippen molar-refractivity contribution in [1.82, 2.24) is 0 Å². The maximum Gasteiger partial charge on any atom is 0.286 e. The number of nitrogens with one attached hydrogen (secondary N) is 1. The molecule has 0 bridgehead atoms. The fourth-order valence-corrected chi connectivity index (χ4v) is 5.94. The van der Waals surface area contributed by atoms with Crippen LogP contribution in [0, 0.1) is 117 Å². The molecule has 7 atom stereocenters. The minimum Gasteiger partial charge on any atom is -0.398 e. The molecule has 4 rings (SSSR count). The molecule has 1 amide bonds. The van der Waals surface area contributed by atoms with Crippen LogP contribution >= 0.6 is 57.3 Å². The van der Waals surface area contributed by atoms with Crippen LogP contribution in [0.25, 0.3) is 0 Å². The SMILES string of the molecule is CC.C[Si](C)(C)C#Cc1cccc([N+](=O)[O-])c1C#C[Si](C)(C)C.FP.FP.FP.FP.FP.FP.[3H]C#Cc1cccc(N)c1C#C[3H].[3H]C#Cc1cccc(NC(=O)C(N)CCCCN)c1C#C[3H].[3H]C#Cc1cccc([N+](=O)[O-])c1C#C[3H]. The third kappa shape index (κ3) is 39.0. The van der Waals surface area contributed by atoms with Gasteiger partial charge in [-0.05, 0) is 55.8 Å². The molecule has 0 saturated heterocycles. The van der Waals surface area contributed by atoms with Gasteiger partial charge in [0.1, 0.15) is 35.5 Å². The van der Waals surface area contributed by atoms with Gasteiger partial charge < -0.3 is 22.5 Å². The number of nitro groups is 2. The van der Waals surface area contributed by atoms with E-state index in [-0.39, 0.29) is 27.8 Å². The van der Waals surface area contributed by atoms with Crippen LogP contribution in [0.4, 0.5) is 47.9 Å². The number of benzene rings is 4. The standard InChI is InChI=1S/C16H19N3O.C16H21NO2Si2.C10H5NO2.C10H7N.C2H6.6FH2P/c1-3-12-8-7-10-15(13(12)4-2)19-16(20)14(18)9-5-6-11-17;1-20(2,3)12-10-14-8-7-9-16(17(18)19)15(14)11-13-21(4,5)6;1-3-8-6-5-7-10(11(12)13)9(8)4-2;1-3-8-6-5-7-10(11)9(8)4-2;7*1-2/h1-2,7-8,10,14H,5-6,9,11,17-18H2,(H,19,20);7-9H,1-6H3;1-2,5-7H;1-2,5-7H,11H2;1-2H3;6*2H2/i1T,2T;;2*1T,2T;;;;;;;. The Hall–Kier alpha value is -6.06.